The van der Waals surface area contributed by atoms with Crippen molar-refractivity contribution in [2.45, 2.75) is 55.9 Å². The van der Waals surface area contributed by atoms with Crippen molar-refractivity contribution in [3.05, 3.63) is 47.7 Å². The van der Waals surface area contributed by atoms with Gasteiger partial charge in [-0.3, -0.25) is 0 Å². The summed E-state index contributed by atoms with van der Waals surface area (Å²) in [5, 5.41) is 7.94. The molecule has 2 N–H and O–H groups in total. The molecule has 35 heavy (non-hydrogen) atoms. The summed E-state index contributed by atoms with van der Waals surface area (Å²) >= 11 is 3.41. The number of ether oxygens (including phenoxy) is 1. The average molecular weight is 554 g/mol. The number of nitrogens with zero attached hydrogens (tertiary/aromatic N) is 3. The molecule has 1 heterocycles. The van der Waals surface area contributed by atoms with E-state index in [-0.39, 0.29) is 22.7 Å². The van der Waals surface area contributed by atoms with Gasteiger partial charge in [-0.25, -0.2) is 4.98 Å². The highest BCUT2D eigenvalue weighted by atomic mass is 79.9. The Hall–Kier alpha value is -2.33. The topological polar surface area (TPSA) is 62.3 Å². The molecule has 6 nitrogen and oxygen atoms in total. The van der Waals surface area contributed by atoms with Gasteiger partial charge in [0.15, 0.2) is 0 Å². The molecule has 2 aliphatic rings. The zero-order valence-corrected chi connectivity index (χ0v) is 21.7. The second-order valence-corrected chi connectivity index (χ2v) is 10.4. The van der Waals surface area contributed by atoms with Crippen molar-refractivity contribution >= 4 is 38.6 Å². The number of rotatable bonds is 7. The monoisotopic (exact) mass is 553 g/mol. The van der Waals surface area contributed by atoms with Gasteiger partial charge in [0.1, 0.15) is 11.6 Å². The molecule has 0 radical (unpaired) electrons. The molecular weight excluding hydrogens is 523 g/mol. The first-order valence-corrected chi connectivity index (χ1v) is 12.8. The van der Waals surface area contributed by atoms with Gasteiger partial charge in [-0.2, -0.15) is 4.98 Å². The van der Waals surface area contributed by atoms with Crippen LogP contribution in [0.1, 0.15) is 32.6 Å². The van der Waals surface area contributed by atoms with Crippen LogP contribution < -0.4 is 15.5 Å². The van der Waals surface area contributed by atoms with E-state index < -0.39 is 12.3 Å². The molecule has 1 aromatic carbocycles. The maximum absolute atomic E-state index is 13.0. The van der Waals surface area contributed by atoms with Crippen LogP contribution in [0.5, 0.6) is 0 Å². The Morgan fingerprint density at radius 2 is 1.77 bits per heavy atom. The fraction of sp³-hybridized carbons (Fsp3) is 0.520. The molecule has 1 aromatic heterocycles. The van der Waals surface area contributed by atoms with E-state index in [9.17, 15) is 13.2 Å². The minimum absolute atomic E-state index is 0.0186. The molecule has 0 bridgehead atoms. The summed E-state index contributed by atoms with van der Waals surface area (Å²) in [6, 6.07) is 8.43. The number of nitrogens with one attached hydrogen (secondary N) is 2. The third kappa shape index (κ3) is 6.46. The van der Waals surface area contributed by atoms with E-state index in [1.54, 1.807) is 13.0 Å². The molecule has 1 saturated carbocycles. The molecule has 2 aliphatic carbocycles. The van der Waals surface area contributed by atoms with Gasteiger partial charge >= 0.3 is 6.36 Å². The first-order valence-electron chi connectivity index (χ1n) is 11.9. The molecule has 190 valence electrons. The lowest BCUT2D eigenvalue weighted by molar-refractivity contribution is -0.309. The molecule has 0 spiro atoms. The number of benzene rings is 1. The molecule has 10 heteroatoms. The number of para-hydroxylation sites is 1. The second kappa shape index (κ2) is 10.7. The van der Waals surface area contributed by atoms with Crippen LogP contribution in [0.4, 0.5) is 24.9 Å². The second-order valence-electron chi connectivity index (χ2n) is 9.39. The van der Waals surface area contributed by atoms with Crippen LogP contribution in [0, 0.1) is 5.92 Å². The van der Waals surface area contributed by atoms with E-state index in [4.69, 9.17) is 9.97 Å². The molecule has 0 aliphatic heterocycles. The molecule has 2 aromatic rings. The summed E-state index contributed by atoms with van der Waals surface area (Å²) in [6.07, 6.45) is 2.56. The molecule has 0 amide bonds. The van der Waals surface area contributed by atoms with Crippen molar-refractivity contribution in [3.63, 3.8) is 0 Å². The zero-order valence-electron chi connectivity index (χ0n) is 20.1. The van der Waals surface area contributed by atoms with Gasteiger partial charge in [0.2, 0.25) is 5.95 Å². The summed E-state index contributed by atoms with van der Waals surface area (Å²) in [5.41, 5.74) is 1.45. The van der Waals surface area contributed by atoms with Gasteiger partial charge in [-0.1, -0.05) is 47.1 Å². The molecular formula is C25H31BrF3N5O. The van der Waals surface area contributed by atoms with E-state index >= 15 is 0 Å². The van der Waals surface area contributed by atoms with Gasteiger partial charge in [-0.15, -0.1) is 13.2 Å². The number of alkyl halides is 4. The Morgan fingerprint density at radius 1 is 1.09 bits per heavy atom. The quantitative estimate of drug-likeness (QED) is 0.424. The van der Waals surface area contributed by atoms with Crippen LogP contribution in [-0.2, 0) is 4.74 Å². The van der Waals surface area contributed by atoms with Gasteiger partial charge < -0.3 is 20.3 Å². The highest BCUT2D eigenvalue weighted by Crippen LogP contribution is 2.35. The normalized spacial score (nSPS) is 25.1. The Balaban J connectivity index is 1.35. The van der Waals surface area contributed by atoms with Crippen LogP contribution >= 0.6 is 15.9 Å². The number of allylic oxidation sites excluding steroid dienone is 2. The Labute approximate surface area is 212 Å². The molecule has 0 saturated heterocycles. The van der Waals surface area contributed by atoms with Crippen LogP contribution in [0.25, 0.3) is 10.9 Å². The highest BCUT2D eigenvalue weighted by molar-refractivity contribution is 9.09. The SMILES string of the molecule is CC1C(OC(F)(F)F)=C(CNC2CCC(Nc3nc(N(C)C)c4ccccc4n3)CC2)C=CC1Br. The minimum atomic E-state index is -4.70. The van der Waals surface area contributed by atoms with Crippen molar-refractivity contribution in [2.24, 2.45) is 5.92 Å². The first-order chi connectivity index (χ1) is 16.6. The molecule has 1 fully saturated rings. The van der Waals surface area contributed by atoms with Crippen LogP contribution in [0.15, 0.2) is 47.7 Å². The lowest BCUT2D eigenvalue weighted by Gasteiger charge is -2.31. The van der Waals surface area contributed by atoms with Crippen molar-refractivity contribution < 1.29 is 17.9 Å². The van der Waals surface area contributed by atoms with Crippen molar-refractivity contribution in [1.29, 1.82) is 0 Å². The third-order valence-electron chi connectivity index (χ3n) is 6.56. The smallest absolute Gasteiger partial charge is 0.410 e. The summed E-state index contributed by atoms with van der Waals surface area (Å²) in [4.78, 5) is 11.2. The van der Waals surface area contributed by atoms with E-state index in [0.29, 0.717) is 18.1 Å². The van der Waals surface area contributed by atoms with Crippen molar-refractivity contribution in [3.8, 4) is 0 Å². The van der Waals surface area contributed by atoms with E-state index in [1.807, 2.05) is 49.3 Å². The van der Waals surface area contributed by atoms with Gasteiger partial charge in [-0.05, 0) is 37.8 Å². The van der Waals surface area contributed by atoms with Crippen molar-refractivity contribution in [2.75, 3.05) is 30.9 Å². The van der Waals surface area contributed by atoms with Crippen LogP contribution in [-0.4, -0.2) is 53.9 Å². The summed E-state index contributed by atoms with van der Waals surface area (Å²) in [7, 11) is 3.94. The molecule has 4 rings (SSSR count). The predicted octanol–water partition coefficient (Wildman–Crippen LogP) is 5.77. The predicted molar refractivity (Wildman–Crippen MR) is 137 cm³/mol. The number of aromatic nitrogens is 2. The fourth-order valence-corrected chi connectivity index (χ4v) is 5.06. The Bertz CT molecular complexity index is 1100. The van der Waals surface area contributed by atoms with E-state index in [1.165, 1.54) is 0 Å². The highest BCUT2D eigenvalue weighted by Gasteiger charge is 2.37. The first kappa shape index (κ1) is 25.8. The molecule has 2 unspecified atom stereocenters. The number of fused-ring (bicyclic) bond motifs is 1. The summed E-state index contributed by atoms with van der Waals surface area (Å²) in [6.45, 7) is 2.08. The zero-order chi connectivity index (χ0) is 25.2. The maximum atomic E-state index is 13.0. The van der Waals surface area contributed by atoms with Gasteiger partial charge in [0.25, 0.3) is 0 Å². The Morgan fingerprint density at radius 3 is 2.46 bits per heavy atom. The van der Waals surface area contributed by atoms with E-state index in [2.05, 4.69) is 31.3 Å². The van der Waals surface area contributed by atoms with Crippen LogP contribution in [0.2, 0.25) is 0 Å². The van der Waals surface area contributed by atoms with Gasteiger partial charge in [0, 0.05) is 54.4 Å². The standard InChI is InChI=1S/C25H31BrF3N5O/c1-15-20(26)13-8-16(22(15)35-25(27,28)29)14-30-17-9-11-18(12-10-17)31-24-32-21-7-5-4-6-19(21)23(33-24)34(2)3/h4-8,13,15,17-18,20,30H,9-12,14H2,1-3H3,(H,31,32,33). The van der Waals surface area contributed by atoms with Crippen LogP contribution in [0.3, 0.4) is 0 Å². The number of halogens is 4. The number of hydrogen-bond donors (Lipinski definition) is 2. The number of hydrogen-bond acceptors (Lipinski definition) is 6. The maximum Gasteiger partial charge on any atom is 0.572 e. The Kier molecular flexibility index (Phi) is 7.90. The summed E-state index contributed by atoms with van der Waals surface area (Å²) in [5.74, 6) is 1.08. The minimum Gasteiger partial charge on any atom is -0.410 e. The lowest BCUT2D eigenvalue weighted by atomic mass is 9.90. The fourth-order valence-electron chi connectivity index (χ4n) is 4.67. The largest absolute Gasteiger partial charge is 0.572 e. The number of anilines is 2. The lowest BCUT2D eigenvalue weighted by Crippen LogP contribution is -2.38. The third-order valence-corrected chi connectivity index (χ3v) is 7.66. The van der Waals surface area contributed by atoms with E-state index in [0.717, 1.165) is 42.4 Å². The van der Waals surface area contributed by atoms with Crippen molar-refractivity contribution in [1.82, 2.24) is 15.3 Å². The molecule has 2 atom stereocenters. The summed E-state index contributed by atoms with van der Waals surface area (Å²) < 4.78 is 43.2. The van der Waals surface area contributed by atoms with Gasteiger partial charge in [0.05, 0.1) is 5.52 Å². The average Bonchev–Trinajstić information content (AvgIpc) is 2.81.